The fourth-order valence-corrected chi connectivity index (χ4v) is 2.14. The third-order valence-electron chi connectivity index (χ3n) is 3.15. The van der Waals surface area contributed by atoms with Crippen LogP contribution in [0.15, 0.2) is 29.1 Å². The molecule has 1 aliphatic heterocycles. The topological polar surface area (TPSA) is 71.0 Å². The number of aromatic amines is 1. The van der Waals surface area contributed by atoms with Crippen molar-refractivity contribution in [3.8, 4) is 0 Å². The molecule has 0 saturated carbocycles. The Morgan fingerprint density at radius 2 is 2.05 bits per heavy atom. The maximum absolute atomic E-state index is 13.6. The zero-order chi connectivity index (χ0) is 13.4. The van der Waals surface area contributed by atoms with Crippen LogP contribution in [-0.2, 0) is 13.1 Å². The minimum absolute atomic E-state index is 0.0765. The van der Waals surface area contributed by atoms with E-state index in [4.69, 9.17) is 0 Å². The number of rotatable bonds is 2. The first kappa shape index (κ1) is 11.6. The molecule has 3 rings (SSSR count). The van der Waals surface area contributed by atoms with E-state index in [-0.39, 0.29) is 24.1 Å². The number of carbonyl (C=O) groups is 1. The lowest BCUT2D eigenvalue weighted by molar-refractivity contribution is 0.0679. The first-order chi connectivity index (χ1) is 9.16. The van der Waals surface area contributed by atoms with Gasteiger partial charge < -0.3 is 4.90 Å². The van der Waals surface area contributed by atoms with Gasteiger partial charge in [-0.1, -0.05) is 18.2 Å². The number of fused-ring (bicyclic) bond motifs is 1. The summed E-state index contributed by atoms with van der Waals surface area (Å²) in [7, 11) is 0. The Labute approximate surface area is 107 Å². The molecule has 19 heavy (non-hydrogen) atoms. The average molecular weight is 262 g/mol. The van der Waals surface area contributed by atoms with Crippen molar-refractivity contribution in [2.75, 3.05) is 6.54 Å². The molecule has 1 aromatic heterocycles. The second kappa shape index (κ2) is 4.34. The van der Waals surface area contributed by atoms with Gasteiger partial charge in [0.25, 0.3) is 5.91 Å². The third kappa shape index (κ3) is 1.92. The summed E-state index contributed by atoms with van der Waals surface area (Å²) >= 11 is 0. The zero-order valence-corrected chi connectivity index (χ0v) is 9.97. The van der Waals surface area contributed by atoms with Gasteiger partial charge in [0.2, 0.25) is 5.82 Å². The van der Waals surface area contributed by atoms with E-state index >= 15 is 0 Å². The maximum atomic E-state index is 13.6. The molecule has 0 aliphatic carbocycles. The molecule has 0 fully saturated rings. The van der Waals surface area contributed by atoms with Gasteiger partial charge in [-0.05, 0) is 6.07 Å². The monoisotopic (exact) mass is 262 g/mol. The first-order valence-electron chi connectivity index (χ1n) is 5.84. The van der Waals surface area contributed by atoms with Crippen LogP contribution in [0.5, 0.6) is 0 Å². The van der Waals surface area contributed by atoms with Crippen LogP contribution in [0.4, 0.5) is 4.39 Å². The van der Waals surface area contributed by atoms with Gasteiger partial charge in [-0.3, -0.25) is 9.36 Å². The predicted octanol–water partition coefficient (Wildman–Crippen LogP) is 0.366. The molecule has 0 saturated heterocycles. The molecule has 0 radical (unpaired) electrons. The highest BCUT2D eigenvalue weighted by atomic mass is 19.1. The highest BCUT2D eigenvalue weighted by Crippen LogP contribution is 2.14. The fourth-order valence-electron chi connectivity index (χ4n) is 2.14. The fraction of sp³-hybridized carbons (Fsp3) is 0.250. The smallest absolute Gasteiger partial charge is 0.330 e. The minimum Gasteiger partial charge on any atom is -0.330 e. The van der Waals surface area contributed by atoms with E-state index in [1.54, 1.807) is 18.2 Å². The molecule has 0 atom stereocenters. The predicted molar refractivity (Wildman–Crippen MR) is 64.0 cm³/mol. The molecule has 2 heterocycles. The number of carbonyl (C=O) groups excluding carboxylic acids is 1. The van der Waals surface area contributed by atoms with Crippen LogP contribution in [0.3, 0.4) is 0 Å². The number of nitrogens with zero attached hydrogens (tertiary/aromatic N) is 3. The van der Waals surface area contributed by atoms with E-state index in [1.807, 2.05) is 0 Å². The third-order valence-corrected chi connectivity index (χ3v) is 3.15. The summed E-state index contributed by atoms with van der Waals surface area (Å²) in [4.78, 5) is 24.9. The van der Waals surface area contributed by atoms with Crippen molar-refractivity contribution in [1.82, 2.24) is 19.7 Å². The Morgan fingerprint density at radius 1 is 1.26 bits per heavy atom. The Balaban J connectivity index is 1.87. The quantitative estimate of drug-likeness (QED) is 0.849. The second-order valence-electron chi connectivity index (χ2n) is 4.32. The van der Waals surface area contributed by atoms with Crippen LogP contribution in [0.1, 0.15) is 16.2 Å². The van der Waals surface area contributed by atoms with Crippen molar-refractivity contribution >= 4 is 5.91 Å². The van der Waals surface area contributed by atoms with Gasteiger partial charge in [-0.15, -0.1) is 5.10 Å². The number of amides is 1. The lowest BCUT2D eigenvalue weighted by atomic mass is 10.2. The number of benzene rings is 1. The molecule has 98 valence electrons. The number of hydrogen-bond donors (Lipinski definition) is 1. The molecule has 1 N–H and O–H groups in total. The normalized spacial score (nSPS) is 14.6. The Kier molecular flexibility index (Phi) is 2.66. The molecule has 6 nitrogen and oxygen atoms in total. The average Bonchev–Trinajstić information content (AvgIpc) is 2.78. The van der Waals surface area contributed by atoms with Crippen LogP contribution < -0.4 is 5.69 Å². The molecule has 7 heteroatoms. The van der Waals surface area contributed by atoms with Gasteiger partial charge in [0.1, 0.15) is 5.82 Å². The van der Waals surface area contributed by atoms with Crippen molar-refractivity contribution in [2.24, 2.45) is 0 Å². The van der Waals surface area contributed by atoms with Gasteiger partial charge in [0, 0.05) is 25.2 Å². The number of halogens is 1. The van der Waals surface area contributed by atoms with Crippen LogP contribution in [0.2, 0.25) is 0 Å². The van der Waals surface area contributed by atoms with Gasteiger partial charge in [0.05, 0.1) is 0 Å². The van der Waals surface area contributed by atoms with Crippen molar-refractivity contribution in [2.45, 2.75) is 13.1 Å². The Morgan fingerprint density at radius 3 is 2.84 bits per heavy atom. The summed E-state index contributed by atoms with van der Waals surface area (Å²) in [6, 6.07) is 6.31. The lowest BCUT2D eigenvalue weighted by Crippen LogP contribution is -2.42. The van der Waals surface area contributed by atoms with E-state index < -0.39 is 5.69 Å². The van der Waals surface area contributed by atoms with Crippen LogP contribution in [0.25, 0.3) is 0 Å². The standard InChI is InChI=1S/C12H11FN4O2/c13-9-4-2-1-3-8(9)7-16-5-6-17-10(11(16)18)14-15-12(17)19/h1-4H,5-7H2,(H,15,19). The summed E-state index contributed by atoms with van der Waals surface area (Å²) in [5.41, 5.74) is 0.0519. The second-order valence-corrected chi connectivity index (χ2v) is 4.32. The Bertz CT molecular complexity index is 691. The highest BCUT2D eigenvalue weighted by molar-refractivity contribution is 5.91. The van der Waals surface area contributed by atoms with Crippen LogP contribution in [0, 0.1) is 5.82 Å². The van der Waals surface area contributed by atoms with E-state index in [0.717, 1.165) is 0 Å². The number of hydrogen-bond acceptors (Lipinski definition) is 3. The molecule has 0 bridgehead atoms. The lowest BCUT2D eigenvalue weighted by Gasteiger charge is -2.26. The maximum Gasteiger partial charge on any atom is 0.343 e. The van der Waals surface area contributed by atoms with Gasteiger partial charge >= 0.3 is 5.69 Å². The molecule has 0 spiro atoms. The van der Waals surface area contributed by atoms with E-state index in [0.29, 0.717) is 18.7 Å². The van der Waals surface area contributed by atoms with Crippen molar-refractivity contribution in [3.63, 3.8) is 0 Å². The van der Waals surface area contributed by atoms with Gasteiger partial charge in [-0.25, -0.2) is 14.3 Å². The first-order valence-corrected chi connectivity index (χ1v) is 5.84. The zero-order valence-electron chi connectivity index (χ0n) is 9.97. The van der Waals surface area contributed by atoms with Crippen molar-refractivity contribution in [3.05, 3.63) is 52.0 Å². The van der Waals surface area contributed by atoms with Crippen molar-refractivity contribution < 1.29 is 9.18 Å². The number of aromatic nitrogens is 3. The van der Waals surface area contributed by atoms with Gasteiger partial charge in [0.15, 0.2) is 0 Å². The summed E-state index contributed by atoms with van der Waals surface area (Å²) in [5.74, 6) is -0.638. The molecule has 1 aliphatic rings. The largest absolute Gasteiger partial charge is 0.343 e. The summed E-state index contributed by atoms with van der Waals surface area (Å²) in [6.45, 7) is 0.900. The molecule has 2 aromatic rings. The van der Waals surface area contributed by atoms with Crippen LogP contribution >= 0.6 is 0 Å². The molecule has 1 aromatic carbocycles. The SMILES string of the molecule is O=C1c2n[nH]c(=O)n2CCN1Cc1ccccc1F. The number of nitrogens with one attached hydrogen (secondary N) is 1. The van der Waals surface area contributed by atoms with E-state index in [1.165, 1.54) is 15.5 Å². The van der Waals surface area contributed by atoms with Crippen LogP contribution in [-0.4, -0.2) is 32.1 Å². The summed E-state index contributed by atoms with van der Waals surface area (Å²) in [5, 5.41) is 5.93. The highest BCUT2D eigenvalue weighted by Gasteiger charge is 2.28. The van der Waals surface area contributed by atoms with E-state index in [9.17, 15) is 14.0 Å². The van der Waals surface area contributed by atoms with Gasteiger partial charge in [-0.2, -0.15) is 0 Å². The molecule has 0 unspecified atom stereocenters. The molecule has 1 amide bonds. The van der Waals surface area contributed by atoms with E-state index in [2.05, 4.69) is 10.2 Å². The van der Waals surface area contributed by atoms with Crippen molar-refractivity contribution in [1.29, 1.82) is 0 Å². The Hall–Kier alpha value is -2.44. The molecular weight excluding hydrogens is 251 g/mol. The number of H-pyrrole nitrogens is 1. The minimum atomic E-state index is -0.395. The molecular formula is C12H11FN4O2. The summed E-state index contributed by atoms with van der Waals surface area (Å²) < 4.78 is 14.8. The summed E-state index contributed by atoms with van der Waals surface area (Å²) in [6.07, 6.45) is 0.